The van der Waals surface area contributed by atoms with Crippen LogP contribution in [0.5, 0.6) is 0 Å². The van der Waals surface area contributed by atoms with Gasteiger partial charge in [-0.15, -0.1) is 0 Å². The fourth-order valence-electron chi connectivity index (χ4n) is 5.06. The van der Waals surface area contributed by atoms with E-state index in [0.29, 0.717) is 30.6 Å². The molecule has 3 aliphatic carbocycles. The minimum atomic E-state index is -0.355. The zero-order valence-corrected chi connectivity index (χ0v) is 14.4. The molecule has 0 bridgehead atoms. The predicted octanol–water partition coefficient (Wildman–Crippen LogP) is 3.08. The molecule has 0 N–H and O–H groups in total. The summed E-state index contributed by atoms with van der Waals surface area (Å²) in [5.41, 5.74) is 3.59. The quantitative estimate of drug-likeness (QED) is 0.549. The number of carbonyl (C=O) groups excluding carboxylic acids is 3. The summed E-state index contributed by atoms with van der Waals surface area (Å²) in [5, 5.41) is 0. The van der Waals surface area contributed by atoms with E-state index in [9.17, 15) is 14.4 Å². The number of ether oxygens (including phenoxy) is 1. The van der Waals surface area contributed by atoms with Gasteiger partial charge < -0.3 is 4.74 Å². The van der Waals surface area contributed by atoms with Crippen molar-refractivity contribution in [1.29, 1.82) is 0 Å². The molecule has 0 aromatic rings. The summed E-state index contributed by atoms with van der Waals surface area (Å²) in [7, 11) is 0. The van der Waals surface area contributed by atoms with E-state index in [1.165, 1.54) is 0 Å². The third kappa shape index (κ3) is 1.89. The Morgan fingerprint density at radius 3 is 2.62 bits per heavy atom. The first-order valence-electron chi connectivity index (χ1n) is 8.78. The lowest BCUT2D eigenvalue weighted by Gasteiger charge is -2.47. The van der Waals surface area contributed by atoms with Gasteiger partial charge in [0.25, 0.3) is 0 Å². The van der Waals surface area contributed by atoms with Crippen LogP contribution in [-0.2, 0) is 19.1 Å². The Bertz CT molecular complexity index is 777. The molecule has 0 fully saturated rings. The molecule has 0 radical (unpaired) electrons. The van der Waals surface area contributed by atoms with Crippen LogP contribution in [0.4, 0.5) is 0 Å². The van der Waals surface area contributed by atoms with Crippen LogP contribution in [0.2, 0.25) is 0 Å². The van der Waals surface area contributed by atoms with Gasteiger partial charge in [0.05, 0.1) is 0 Å². The standard InChI is InChI=1S/C20H22O4/c1-10(2)13-8-16(21)17-12(18(13)22)4-5-15-14-9-24-19(23)11(14)6-7-20(15,17)3/h8,10,15H,4-7,9H2,1-3H3/t15-,20+/m1/s1. The number of carbonyl (C=O) groups is 3. The summed E-state index contributed by atoms with van der Waals surface area (Å²) in [6.07, 6.45) is 4.36. The Labute approximate surface area is 141 Å². The molecule has 4 rings (SSSR count). The number of hydrogen-bond acceptors (Lipinski definition) is 4. The van der Waals surface area contributed by atoms with Crippen LogP contribution in [0.3, 0.4) is 0 Å². The minimum absolute atomic E-state index is 0.00482. The molecule has 0 spiro atoms. The molecule has 0 aromatic heterocycles. The molecule has 0 amide bonds. The molecule has 1 heterocycles. The lowest BCUT2D eigenvalue weighted by molar-refractivity contribution is -0.136. The minimum Gasteiger partial charge on any atom is -0.458 e. The van der Waals surface area contributed by atoms with E-state index in [4.69, 9.17) is 4.74 Å². The SMILES string of the molecule is CC(C)C1=CC(=O)C2=C(CC[C@@H]3C4=C(CC[C@]23C)C(=O)OC4)C1=O. The number of rotatable bonds is 1. The van der Waals surface area contributed by atoms with Gasteiger partial charge in [-0.05, 0) is 49.2 Å². The van der Waals surface area contributed by atoms with E-state index < -0.39 is 0 Å². The van der Waals surface area contributed by atoms with Gasteiger partial charge in [0, 0.05) is 27.7 Å². The van der Waals surface area contributed by atoms with Crippen molar-refractivity contribution in [1.82, 2.24) is 0 Å². The van der Waals surface area contributed by atoms with Crippen LogP contribution < -0.4 is 0 Å². The Morgan fingerprint density at radius 1 is 1.17 bits per heavy atom. The van der Waals surface area contributed by atoms with Crippen LogP contribution in [0.1, 0.15) is 46.5 Å². The maximum Gasteiger partial charge on any atom is 0.334 e. The highest BCUT2D eigenvalue weighted by Gasteiger charge is 2.52. The van der Waals surface area contributed by atoms with Crippen LogP contribution in [0, 0.1) is 17.3 Å². The van der Waals surface area contributed by atoms with Crippen molar-refractivity contribution in [3.05, 3.63) is 33.9 Å². The van der Waals surface area contributed by atoms with E-state index in [2.05, 4.69) is 6.92 Å². The molecule has 4 heteroatoms. The van der Waals surface area contributed by atoms with Gasteiger partial charge >= 0.3 is 5.97 Å². The fourth-order valence-corrected chi connectivity index (χ4v) is 5.06. The number of hydrogen-bond donors (Lipinski definition) is 0. The Morgan fingerprint density at radius 2 is 1.92 bits per heavy atom. The fraction of sp³-hybridized carbons (Fsp3) is 0.550. The van der Waals surface area contributed by atoms with Gasteiger partial charge in [-0.2, -0.15) is 0 Å². The zero-order chi connectivity index (χ0) is 17.2. The summed E-state index contributed by atoms with van der Waals surface area (Å²) in [5.74, 6) is 0.0483. The Hall–Kier alpha value is -1.97. The number of allylic oxidation sites excluding steroid dienone is 4. The molecular formula is C20H22O4. The Kier molecular flexibility index (Phi) is 3.25. The molecule has 0 saturated carbocycles. The topological polar surface area (TPSA) is 60.4 Å². The van der Waals surface area contributed by atoms with Crippen molar-refractivity contribution < 1.29 is 19.1 Å². The normalized spacial score (nSPS) is 32.6. The lowest BCUT2D eigenvalue weighted by Crippen LogP contribution is -2.43. The van der Waals surface area contributed by atoms with Gasteiger partial charge in [0.1, 0.15) is 6.61 Å². The van der Waals surface area contributed by atoms with E-state index >= 15 is 0 Å². The van der Waals surface area contributed by atoms with Crippen LogP contribution in [-0.4, -0.2) is 24.1 Å². The van der Waals surface area contributed by atoms with Gasteiger partial charge in [-0.1, -0.05) is 20.8 Å². The van der Waals surface area contributed by atoms with Crippen molar-refractivity contribution in [3.8, 4) is 0 Å². The van der Waals surface area contributed by atoms with Gasteiger partial charge in [-0.3, -0.25) is 9.59 Å². The van der Waals surface area contributed by atoms with E-state index in [1.54, 1.807) is 6.08 Å². The molecule has 0 unspecified atom stereocenters. The second-order valence-electron chi connectivity index (χ2n) is 7.89. The summed E-state index contributed by atoms with van der Waals surface area (Å²) >= 11 is 0. The molecule has 126 valence electrons. The van der Waals surface area contributed by atoms with Crippen LogP contribution >= 0.6 is 0 Å². The first-order chi connectivity index (χ1) is 11.3. The van der Waals surface area contributed by atoms with Gasteiger partial charge in [-0.25, -0.2) is 4.79 Å². The molecule has 0 saturated heterocycles. The summed E-state index contributed by atoms with van der Waals surface area (Å²) < 4.78 is 5.23. The van der Waals surface area contributed by atoms with Crippen molar-refractivity contribution >= 4 is 17.5 Å². The molecule has 1 aliphatic heterocycles. The number of esters is 1. The third-order valence-electron chi connectivity index (χ3n) is 6.32. The Balaban J connectivity index is 1.81. The van der Waals surface area contributed by atoms with E-state index in [0.717, 1.165) is 29.6 Å². The van der Waals surface area contributed by atoms with Crippen molar-refractivity contribution in [2.24, 2.45) is 17.3 Å². The summed E-state index contributed by atoms with van der Waals surface area (Å²) in [4.78, 5) is 37.7. The molecule has 24 heavy (non-hydrogen) atoms. The number of ketones is 2. The van der Waals surface area contributed by atoms with E-state index in [-0.39, 0.29) is 34.8 Å². The molecule has 4 aliphatic rings. The molecule has 2 atom stereocenters. The number of fused-ring (bicyclic) bond motifs is 3. The largest absolute Gasteiger partial charge is 0.458 e. The zero-order valence-electron chi connectivity index (χ0n) is 14.4. The molecule has 0 aromatic carbocycles. The van der Waals surface area contributed by atoms with Crippen LogP contribution in [0.25, 0.3) is 0 Å². The van der Waals surface area contributed by atoms with Gasteiger partial charge in [0.15, 0.2) is 11.6 Å². The second-order valence-corrected chi connectivity index (χ2v) is 7.89. The molecule has 4 nitrogen and oxygen atoms in total. The van der Waals surface area contributed by atoms with Crippen molar-refractivity contribution in [3.63, 3.8) is 0 Å². The smallest absolute Gasteiger partial charge is 0.334 e. The average Bonchev–Trinajstić information content (AvgIpc) is 2.90. The highest BCUT2D eigenvalue weighted by atomic mass is 16.5. The number of cyclic esters (lactones) is 1. The average molecular weight is 326 g/mol. The van der Waals surface area contributed by atoms with Crippen LogP contribution in [0.15, 0.2) is 33.9 Å². The van der Waals surface area contributed by atoms with E-state index in [1.807, 2.05) is 13.8 Å². The predicted molar refractivity (Wildman–Crippen MR) is 88.0 cm³/mol. The molecular weight excluding hydrogens is 304 g/mol. The van der Waals surface area contributed by atoms with Crippen molar-refractivity contribution in [2.75, 3.05) is 6.61 Å². The summed E-state index contributed by atoms with van der Waals surface area (Å²) in [6, 6.07) is 0. The lowest BCUT2D eigenvalue weighted by atomic mass is 9.54. The highest BCUT2D eigenvalue weighted by molar-refractivity contribution is 6.23. The maximum absolute atomic E-state index is 12.9. The maximum atomic E-state index is 12.9. The number of Topliss-reactive ketones (excluding diaryl/α,β-unsaturated/α-hetero) is 1. The summed E-state index contributed by atoms with van der Waals surface area (Å²) in [6.45, 7) is 6.36. The second kappa shape index (κ2) is 5.01. The highest BCUT2D eigenvalue weighted by Crippen LogP contribution is 2.57. The first kappa shape index (κ1) is 15.6. The monoisotopic (exact) mass is 326 g/mol. The third-order valence-corrected chi connectivity index (χ3v) is 6.32. The van der Waals surface area contributed by atoms with Crippen molar-refractivity contribution in [2.45, 2.75) is 46.5 Å². The first-order valence-corrected chi connectivity index (χ1v) is 8.78. The van der Waals surface area contributed by atoms with Gasteiger partial charge in [0.2, 0.25) is 0 Å².